The number of para-hydroxylation sites is 2. The van der Waals surface area contributed by atoms with Crippen molar-refractivity contribution in [3.8, 4) is 5.75 Å². The highest BCUT2D eigenvalue weighted by atomic mass is 35.5. The summed E-state index contributed by atoms with van der Waals surface area (Å²) < 4.78 is 10.7. The molecule has 23 heavy (non-hydrogen) atoms. The number of aromatic nitrogens is 1. The number of carboxylic acids is 1. The maximum Gasteiger partial charge on any atom is 0.341 e. The number of rotatable bonds is 5. The fourth-order valence-electron chi connectivity index (χ4n) is 1.99. The van der Waals surface area contributed by atoms with Gasteiger partial charge in [-0.3, -0.25) is 0 Å². The average molecular weight is 330 g/mol. The van der Waals surface area contributed by atoms with Gasteiger partial charge in [0, 0.05) is 0 Å². The number of halogens is 1. The third-order valence-corrected chi connectivity index (χ3v) is 3.30. The van der Waals surface area contributed by atoms with Crippen molar-refractivity contribution in [1.82, 2.24) is 4.98 Å². The van der Waals surface area contributed by atoms with E-state index in [1.807, 2.05) is 24.3 Å². The zero-order valence-corrected chi connectivity index (χ0v) is 12.7. The average Bonchev–Trinajstić information content (AvgIpc) is 2.98. The van der Waals surface area contributed by atoms with Crippen molar-refractivity contribution < 1.29 is 19.1 Å². The number of benzene rings is 2. The zero-order valence-electron chi connectivity index (χ0n) is 11.9. The van der Waals surface area contributed by atoms with Gasteiger partial charge in [-0.25, -0.2) is 9.78 Å². The predicted octanol–water partition coefficient (Wildman–Crippen LogP) is 4.03. The summed E-state index contributed by atoms with van der Waals surface area (Å²) in [6.07, 6.45) is 1.72. The third-order valence-electron chi connectivity index (χ3n) is 3.03. The number of fused-ring (bicyclic) bond motifs is 1. The molecule has 0 fully saturated rings. The Bertz CT molecular complexity index is 835. The number of ether oxygens (including phenoxy) is 1. The summed E-state index contributed by atoms with van der Waals surface area (Å²) in [7, 11) is 0. The van der Waals surface area contributed by atoms with Crippen LogP contribution in [-0.2, 0) is 4.79 Å². The van der Waals surface area contributed by atoms with Gasteiger partial charge in [0.25, 0.3) is 0 Å². The van der Waals surface area contributed by atoms with E-state index in [-0.39, 0.29) is 6.61 Å². The summed E-state index contributed by atoms with van der Waals surface area (Å²) >= 11 is 6.25. The van der Waals surface area contributed by atoms with E-state index in [1.54, 1.807) is 30.3 Å². The zero-order chi connectivity index (χ0) is 16.2. The molecule has 2 aromatic carbocycles. The number of aliphatic carboxylic acids is 1. The van der Waals surface area contributed by atoms with Crippen LogP contribution in [0.25, 0.3) is 22.2 Å². The minimum absolute atomic E-state index is 0.346. The molecule has 1 heterocycles. The fourth-order valence-corrected chi connectivity index (χ4v) is 2.19. The first-order valence-electron chi connectivity index (χ1n) is 6.79. The van der Waals surface area contributed by atoms with Crippen LogP contribution in [0.3, 0.4) is 0 Å². The minimum atomic E-state index is -1.02. The Kier molecular flexibility index (Phi) is 4.30. The molecule has 3 aromatic rings. The van der Waals surface area contributed by atoms with Crippen LogP contribution < -0.4 is 4.74 Å². The number of oxazole rings is 1. The molecule has 0 amide bonds. The molecule has 116 valence electrons. The van der Waals surface area contributed by atoms with Gasteiger partial charge in [0.15, 0.2) is 12.2 Å². The van der Waals surface area contributed by atoms with Crippen molar-refractivity contribution in [3.05, 3.63) is 60.0 Å². The summed E-state index contributed by atoms with van der Waals surface area (Å²) in [5.41, 5.74) is 2.23. The van der Waals surface area contributed by atoms with Gasteiger partial charge in [-0.05, 0) is 35.9 Å². The maximum absolute atomic E-state index is 10.4. The van der Waals surface area contributed by atoms with Crippen LogP contribution in [0.2, 0.25) is 0 Å². The first-order valence-corrected chi connectivity index (χ1v) is 7.17. The van der Waals surface area contributed by atoms with Crippen LogP contribution in [0.5, 0.6) is 5.75 Å². The van der Waals surface area contributed by atoms with E-state index >= 15 is 0 Å². The SMILES string of the molecule is O=C(O)COc1ccc(/C=C(/Cl)c2nc3ccccc3o2)cc1. The lowest BCUT2D eigenvalue weighted by Gasteiger charge is -2.03. The third kappa shape index (κ3) is 3.70. The van der Waals surface area contributed by atoms with Crippen molar-refractivity contribution in [1.29, 1.82) is 0 Å². The lowest BCUT2D eigenvalue weighted by Crippen LogP contribution is -2.09. The summed E-state index contributed by atoms with van der Waals surface area (Å²) in [6, 6.07) is 14.3. The van der Waals surface area contributed by atoms with Crippen molar-refractivity contribution in [2.24, 2.45) is 0 Å². The Labute approximate surface area is 136 Å². The van der Waals surface area contributed by atoms with Gasteiger partial charge in [-0.15, -0.1) is 0 Å². The van der Waals surface area contributed by atoms with Crippen LogP contribution >= 0.6 is 11.6 Å². The van der Waals surface area contributed by atoms with E-state index in [1.165, 1.54) is 0 Å². The van der Waals surface area contributed by atoms with Gasteiger partial charge < -0.3 is 14.3 Å². The molecule has 1 N–H and O–H groups in total. The fraction of sp³-hybridized carbons (Fsp3) is 0.0588. The normalized spacial score (nSPS) is 11.6. The van der Waals surface area contributed by atoms with Crippen LogP contribution in [0, 0.1) is 0 Å². The molecule has 3 rings (SSSR count). The van der Waals surface area contributed by atoms with Gasteiger partial charge in [0.1, 0.15) is 16.3 Å². The van der Waals surface area contributed by atoms with Crippen molar-refractivity contribution >= 4 is 39.8 Å². The van der Waals surface area contributed by atoms with Gasteiger partial charge >= 0.3 is 5.97 Å². The number of hydrogen-bond acceptors (Lipinski definition) is 4. The lowest BCUT2D eigenvalue weighted by molar-refractivity contribution is -0.139. The molecular formula is C17H12ClNO4. The Morgan fingerprint density at radius 2 is 1.96 bits per heavy atom. The Morgan fingerprint density at radius 3 is 2.65 bits per heavy atom. The highest BCUT2D eigenvalue weighted by Crippen LogP contribution is 2.26. The van der Waals surface area contributed by atoms with Gasteiger partial charge in [-0.2, -0.15) is 0 Å². The second-order valence-corrected chi connectivity index (χ2v) is 5.14. The Balaban J connectivity index is 1.78. The minimum Gasteiger partial charge on any atom is -0.482 e. The molecule has 0 radical (unpaired) electrons. The first kappa shape index (κ1) is 15.1. The van der Waals surface area contributed by atoms with Crippen molar-refractivity contribution in [2.45, 2.75) is 0 Å². The summed E-state index contributed by atoms with van der Waals surface area (Å²) in [4.78, 5) is 14.8. The molecule has 0 spiro atoms. The van der Waals surface area contributed by atoms with E-state index < -0.39 is 5.97 Å². The van der Waals surface area contributed by atoms with E-state index in [2.05, 4.69) is 4.98 Å². The molecular weight excluding hydrogens is 318 g/mol. The van der Waals surface area contributed by atoms with Crippen molar-refractivity contribution in [3.63, 3.8) is 0 Å². The van der Waals surface area contributed by atoms with E-state index in [9.17, 15) is 4.79 Å². The number of carboxylic acid groups (broad SMARTS) is 1. The van der Waals surface area contributed by atoms with E-state index in [4.69, 9.17) is 25.9 Å². The van der Waals surface area contributed by atoms with E-state index in [0.29, 0.717) is 22.3 Å². The second kappa shape index (κ2) is 6.54. The molecule has 0 saturated heterocycles. The summed E-state index contributed by atoms with van der Waals surface area (Å²) in [5.74, 6) is -0.199. The molecule has 0 saturated carbocycles. The van der Waals surface area contributed by atoms with Gasteiger partial charge in [0.05, 0.1) is 0 Å². The molecule has 0 unspecified atom stereocenters. The maximum atomic E-state index is 10.4. The van der Waals surface area contributed by atoms with Gasteiger partial charge in [0.2, 0.25) is 5.89 Å². The van der Waals surface area contributed by atoms with Gasteiger partial charge in [-0.1, -0.05) is 35.9 Å². The standard InChI is InChI=1S/C17H12ClNO4/c18-13(17-19-14-3-1-2-4-15(14)23-17)9-11-5-7-12(8-6-11)22-10-16(20)21/h1-9H,10H2,(H,20,21)/b13-9+. The Morgan fingerprint density at radius 1 is 1.22 bits per heavy atom. The lowest BCUT2D eigenvalue weighted by atomic mass is 10.2. The summed E-state index contributed by atoms with van der Waals surface area (Å²) in [5, 5.41) is 8.94. The molecule has 0 aliphatic rings. The smallest absolute Gasteiger partial charge is 0.341 e. The second-order valence-electron chi connectivity index (χ2n) is 4.73. The molecule has 0 aliphatic heterocycles. The number of hydrogen-bond donors (Lipinski definition) is 1. The monoisotopic (exact) mass is 329 g/mol. The molecule has 6 heteroatoms. The number of nitrogens with zero attached hydrogens (tertiary/aromatic N) is 1. The molecule has 0 aliphatic carbocycles. The first-order chi connectivity index (χ1) is 11.1. The van der Waals surface area contributed by atoms with Crippen LogP contribution in [0.4, 0.5) is 0 Å². The van der Waals surface area contributed by atoms with Crippen LogP contribution in [-0.4, -0.2) is 22.7 Å². The molecule has 1 aromatic heterocycles. The largest absolute Gasteiger partial charge is 0.482 e. The molecule has 0 bridgehead atoms. The number of carbonyl (C=O) groups is 1. The van der Waals surface area contributed by atoms with E-state index in [0.717, 1.165) is 11.1 Å². The molecule has 0 atom stereocenters. The molecule has 5 nitrogen and oxygen atoms in total. The summed E-state index contributed by atoms with van der Waals surface area (Å²) in [6.45, 7) is -0.376. The van der Waals surface area contributed by atoms with Crippen LogP contribution in [0.15, 0.2) is 52.9 Å². The topological polar surface area (TPSA) is 72.6 Å². The highest BCUT2D eigenvalue weighted by molar-refractivity contribution is 6.50. The van der Waals surface area contributed by atoms with Crippen LogP contribution in [0.1, 0.15) is 11.5 Å². The highest BCUT2D eigenvalue weighted by Gasteiger charge is 2.08. The predicted molar refractivity (Wildman–Crippen MR) is 87.3 cm³/mol. The Hall–Kier alpha value is -2.79. The quantitative estimate of drug-likeness (QED) is 0.765. The van der Waals surface area contributed by atoms with Crippen molar-refractivity contribution in [2.75, 3.05) is 6.61 Å².